The summed E-state index contributed by atoms with van der Waals surface area (Å²) in [5.74, 6) is 2.64. The predicted octanol–water partition coefficient (Wildman–Crippen LogP) is 8.29. The van der Waals surface area contributed by atoms with E-state index in [-0.39, 0.29) is 0 Å². The summed E-state index contributed by atoms with van der Waals surface area (Å²) in [5.41, 5.74) is 4.90. The molecule has 5 nitrogen and oxygen atoms in total. The Morgan fingerprint density at radius 1 is 0.595 bits per heavy atom. The molecule has 0 bridgehead atoms. The Hall–Kier alpha value is -5.16. The number of pyridine rings is 1. The molecular weight excluding hydrogens is 458 g/mol. The van der Waals surface area contributed by atoms with Crippen LogP contribution in [-0.4, -0.2) is 14.5 Å². The van der Waals surface area contributed by atoms with Crippen LogP contribution in [0.15, 0.2) is 132 Å². The van der Waals surface area contributed by atoms with Gasteiger partial charge in [0.25, 0.3) is 0 Å². The van der Waals surface area contributed by atoms with Crippen LogP contribution >= 0.6 is 0 Å². The molecule has 0 fully saturated rings. The molecule has 7 aromatic rings. The van der Waals surface area contributed by atoms with Crippen LogP contribution in [0.1, 0.15) is 0 Å². The zero-order valence-corrected chi connectivity index (χ0v) is 19.8. The fourth-order valence-corrected chi connectivity index (χ4v) is 4.74. The molecule has 0 unspecified atom stereocenters. The molecule has 3 aromatic heterocycles. The van der Waals surface area contributed by atoms with E-state index in [0.717, 1.165) is 33.6 Å². The minimum atomic E-state index is 0.532. The Kier molecular flexibility index (Phi) is 5.03. The molecule has 0 saturated carbocycles. The average molecular weight is 480 g/mol. The van der Waals surface area contributed by atoms with Crippen LogP contribution in [0, 0.1) is 0 Å². The molecule has 4 aromatic carbocycles. The third kappa shape index (κ3) is 3.83. The molecule has 0 N–H and O–H groups in total. The average Bonchev–Trinajstić information content (AvgIpc) is 3.57. The van der Waals surface area contributed by atoms with Crippen LogP contribution in [-0.2, 0) is 0 Å². The Morgan fingerprint density at radius 3 is 1.95 bits per heavy atom. The molecule has 3 heterocycles. The summed E-state index contributed by atoms with van der Waals surface area (Å²) in [7, 11) is 0. The molecule has 37 heavy (non-hydrogen) atoms. The normalized spacial score (nSPS) is 11.2. The van der Waals surface area contributed by atoms with Gasteiger partial charge in [0.05, 0.1) is 22.9 Å². The van der Waals surface area contributed by atoms with Crippen molar-refractivity contribution in [3.8, 4) is 40.1 Å². The third-order valence-corrected chi connectivity index (χ3v) is 6.41. The molecular formula is C32H21N3O2. The fourth-order valence-electron chi connectivity index (χ4n) is 4.74. The maximum atomic E-state index is 6.30. The zero-order chi connectivity index (χ0) is 24.6. The van der Waals surface area contributed by atoms with Crippen LogP contribution in [0.5, 0.6) is 11.5 Å². The monoisotopic (exact) mass is 479 g/mol. The second kappa shape index (κ2) is 8.81. The Balaban J connectivity index is 1.22. The molecule has 0 aliphatic heterocycles. The fraction of sp³-hybridized carbons (Fsp3) is 0. The van der Waals surface area contributed by atoms with E-state index in [2.05, 4.69) is 50.9 Å². The molecule has 7 rings (SSSR count). The second-order valence-corrected chi connectivity index (χ2v) is 8.75. The summed E-state index contributed by atoms with van der Waals surface area (Å²) < 4.78 is 14.6. The van der Waals surface area contributed by atoms with Gasteiger partial charge in [0.1, 0.15) is 11.5 Å². The summed E-state index contributed by atoms with van der Waals surface area (Å²) >= 11 is 0. The third-order valence-electron chi connectivity index (χ3n) is 6.41. The summed E-state index contributed by atoms with van der Waals surface area (Å²) in [6.45, 7) is 0. The number of nitrogens with zero attached hydrogens (tertiary/aromatic N) is 3. The van der Waals surface area contributed by atoms with Crippen LogP contribution in [0.4, 0.5) is 0 Å². The van der Waals surface area contributed by atoms with E-state index in [4.69, 9.17) is 9.15 Å². The van der Waals surface area contributed by atoms with E-state index >= 15 is 0 Å². The lowest BCUT2D eigenvalue weighted by Gasteiger charge is -2.08. The number of hydrogen-bond donors (Lipinski definition) is 0. The maximum Gasteiger partial charge on any atom is 0.228 e. The van der Waals surface area contributed by atoms with Gasteiger partial charge in [-0.1, -0.05) is 60.7 Å². The highest BCUT2D eigenvalue weighted by Gasteiger charge is 2.16. The molecule has 0 amide bonds. The molecule has 0 aliphatic rings. The number of oxazole rings is 1. The Bertz CT molecular complexity index is 1820. The second-order valence-electron chi connectivity index (χ2n) is 8.75. The van der Waals surface area contributed by atoms with Crippen molar-refractivity contribution in [3.05, 3.63) is 128 Å². The van der Waals surface area contributed by atoms with Gasteiger partial charge in [-0.25, -0.2) is 4.98 Å². The topological polar surface area (TPSA) is 53.1 Å². The highest BCUT2D eigenvalue weighted by molar-refractivity contribution is 6.08. The molecule has 0 aliphatic carbocycles. The first-order valence-corrected chi connectivity index (χ1v) is 12.1. The van der Waals surface area contributed by atoms with Crippen molar-refractivity contribution in [3.63, 3.8) is 0 Å². The van der Waals surface area contributed by atoms with Crippen molar-refractivity contribution in [1.29, 1.82) is 0 Å². The lowest BCUT2D eigenvalue weighted by atomic mass is 10.1. The molecule has 0 saturated heterocycles. The van der Waals surface area contributed by atoms with Gasteiger partial charge < -0.3 is 9.15 Å². The highest BCUT2D eigenvalue weighted by Crippen LogP contribution is 2.34. The number of rotatable bonds is 5. The number of para-hydroxylation sites is 2. The number of hydrogen-bond acceptors (Lipinski definition) is 4. The minimum Gasteiger partial charge on any atom is -0.457 e. The number of aromatic nitrogens is 3. The zero-order valence-electron chi connectivity index (χ0n) is 19.8. The van der Waals surface area contributed by atoms with Crippen LogP contribution < -0.4 is 4.74 Å². The lowest BCUT2D eigenvalue weighted by Crippen LogP contribution is -1.90. The van der Waals surface area contributed by atoms with E-state index in [0.29, 0.717) is 17.5 Å². The largest absolute Gasteiger partial charge is 0.457 e. The van der Waals surface area contributed by atoms with E-state index in [1.807, 2.05) is 78.9 Å². The molecule has 0 radical (unpaired) electrons. The van der Waals surface area contributed by atoms with Crippen molar-refractivity contribution >= 4 is 21.8 Å². The van der Waals surface area contributed by atoms with E-state index in [9.17, 15) is 0 Å². The van der Waals surface area contributed by atoms with Crippen molar-refractivity contribution in [2.24, 2.45) is 0 Å². The first-order chi connectivity index (χ1) is 18.3. The van der Waals surface area contributed by atoms with Crippen molar-refractivity contribution in [2.75, 3.05) is 0 Å². The number of benzene rings is 4. The van der Waals surface area contributed by atoms with Gasteiger partial charge in [-0.15, -0.1) is 0 Å². The van der Waals surface area contributed by atoms with Gasteiger partial charge in [-0.05, 0) is 54.6 Å². The van der Waals surface area contributed by atoms with Crippen LogP contribution in [0.3, 0.4) is 0 Å². The van der Waals surface area contributed by atoms with Crippen molar-refractivity contribution in [2.45, 2.75) is 0 Å². The van der Waals surface area contributed by atoms with Gasteiger partial charge >= 0.3 is 0 Å². The van der Waals surface area contributed by atoms with Gasteiger partial charge in [0.15, 0.2) is 0 Å². The smallest absolute Gasteiger partial charge is 0.228 e. The van der Waals surface area contributed by atoms with E-state index in [1.54, 1.807) is 12.4 Å². The van der Waals surface area contributed by atoms with Gasteiger partial charge in [-0.3, -0.25) is 9.55 Å². The van der Waals surface area contributed by atoms with Gasteiger partial charge in [-0.2, -0.15) is 0 Å². The van der Waals surface area contributed by atoms with Crippen LogP contribution in [0.25, 0.3) is 50.4 Å². The Morgan fingerprint density at radius 2 is 1.24 bits per heavy atom. The SMILES string of the molecule is c1ccc(-c2cccc(Oc3cccc(-c4ncc(-n5c6ccccc6c6ccccc65)o4)c3)c2)nc1. The van der Waals surface area contributed by atoms with E-state index in [1.165, 1.54) is 10.8 Å². The quantitative estimate of drug-likeness (QED) is 0.249. The molecule has 5 heteroatoms. The van der Waals surface area contributed by atoms with Crippen molar-refractivity contribution < 1.29 is 9.15 Å². The standard InChI is InChI=1S/C32H21N3O2/c1-3-16-29-26(13-1)27-14-2-4-17-30(27)35(29)31-21-34-32(37-31)23-10-8-12-25(20-23)36-24-11-7-9-22(19-24)28-15-5-6-18-33-28/h1-21H. The molecule has 0 spiro atoms. The molecule has 176 valence electrons. The number of fused-ring (bicyclic) bond motifs is 3. The van der Waals surface area contributed by atoms with Gasteiger partial charge in [0, 0.05) is 28.1 Å². The summed E-state index contributed by atoms with van der Waals surface area (Å²) in [6, 6.07) is 38.2. The summed E-state index contributed by atoms with van der Waals surface area (Å²) in [6.07, 6.45) is 3.56. The maximum absolute atomic E-state index is 6.30. The highest BCUT2D eigenvalue weighted by atomic mass is 16.5. The number of ether oxygens (including phenoxy) is 1. The lowest BCUT2D eigenvalue weighted by molar-refractivity contribution is 0.482. The summed E-state index contributed by atoms with van der Waals surface area (Å²) in [5, 5.41) is 2.36. The summed E-state index contributed by atoms with van der Waals surface area (Å²) in [4.78, 5) is 9.04. The van der Waals surface area contributed by atoms with Crippen LogP contribution in [0.2, 0.25) is 0 Å². The van der Waals surface area contributed by atoms with Gasteiger partial charge in [0.2, 0.25) is 11.8 Å². The predicted molar refractivity (Wildman–Crippen MR) is 146 cm³/mol. The van der Waals surface area contributed by atoms with E-state index < -0.39 is 0 Å². The first kappa shape index (κ1) is 21.1. The van der Waals surface area contributed by atoms with Crippen molar-refractivity contribution in [1.82, 2.24) is 14.5 Å². The molecule has 0 atom stereocenters. The first-order valence-electron chi connectivity index (χ1n) is 12.1. The minimum absolute atomic E-state index is 0.532. The Labute approximate surface area is 213 Å².